The van der Waals surface area contributed by atoms with Crippen molar-refractivity contribution in [3.63, 3.8) is 0 Å². The van der Waals surface area contributed by atoms with E-state index in [4.69, 9.17) is 14.2 Å². The van der Waals surface area contributed by atoms with Crippen LogP contribution in [0.25, 0.3) is 0 Å². The Morgan fingerprint density at radius 1 is 1.45 bits per heavy atom. The van der Waals surface area contributed by atoms with E-state index in [0.717, 1.165) is 5.57 Å². The lowest BCUT2D eigenvalue weighted by Gasteiger charge is -2.51. The standard InChI is InChI=1S/C15H18O5/c1-6(2)8-7-4-13(3)14(5-18-14)10-11(20-10)15(13,17)9(8)12(16)19-7/h7-11,17H,1,4-5H2,2-3H3/t7-,8+,9?,10+,11-,13-,14+,15-/m0/s1. The van der Waals surface area contributed by atoms with Crippen LogP contribution in [-0.4, -0.2) is 47.2 Å². The molecule has 0 aromatic rings. The molecule has 3 saturated heterocycles. The molecule has 0 radical (unpaired) electrons. The van der Waals surface area contributed by atoms with Gasteiger partial charge in [-0.25, -0.2) is 0 Å². The van der Waals surface area contributed by atoms with Crippen molar-refractivity contribution >= 4 is 5.97 Å². The molecule has 5 aliphatic rings. The highest BCUT2D eigenvalue weighted by Gasteiger charge is 2.92. The van der Waals surface area contributed by atoms with Gasteiger partial charge >= 0.3 is 5.97 Å². The van der Waals surface area contributed by atoms with Gasteiger partial charge in [-0.2, -0.15) is 0 Å². The van der Waals surface area contributed by atoms with E-state index >= 15 is 0 Å². The number of epoxide rings is 2. The van der Waals surface area contributed by atoms with Gasteiger partial charge in [0.15, 0.2) is 0 Å². The number of ether oxygens (including phenoxy) is 3. The van der Waals surface area contributed by atoms with E-state index in [0.29, 0.717) is 13.0 Å². The van der Waals surface area contributed by atoms with Crippen LogP contribution in [0.2, 0.25) is 0 Å². The SMILES string of the molecule is C=C(C)[C@H]1C2C(=O)O[C@H]1C[C@@]1(C)[C@@]3(CO3)[C@@H]3O[C@@H]3[C@@]21O. The summed E-state index contributed by atoms with van der Waals surface area (Å²) in [5, 5.41) is 11.5. The van der Waals surface area contributed by atoms with Crippen molar-refractivity contribution in [3.8, 4) is 0 Å². The van der Waals surface area contributed by atoms with Gasteiger partial charge in [0.05, 0.1) is 12.5 Å². The molecule has 108 valence electrons. The third-order valence-corrected chi connectivity index (χ3v) is 6.59. The van der Waals surface area contributed by atoms with Crippen LogP contribution in [0, 0.1) is 17.3 Å². The van der Waals surface area contributed by atoms with E-state index in [9.17, 15) is 9.90 Å². The molecule has 2 saturated carbocycles. The molecule has 5 fully saturated rings. The minimum absolute atomic E-state index is 0.0598. The van der Waals surface area contributed by atoms with Gasteiger partial charge in [-0.05, 0) is 13.3 Å². The molecule has 8 atom stereocenters. The van der Waals surface area contributed by atoms with Crippen molar-refractivity contribution in [1.29, 1.82) is 0 Å². The van der Waals surface area contributed by atoms with Crippen LogP contribution in [0.15, 0.2) is 12.2 Å². The number of carbonyl (C=O) groups is 1. The summed E-state index contributed by atoms with van der Waals surface area (Å²) in [5.41, 5.74) is -1.17. The minimum atomic E-state index is -1.19. The van der Waals surface area contributed by atoms with Crippen molar-refractivity contribution in [1.82, 2.24) is 0 Å². The second-order valence-electron chi connectivity index (χ2n) is 7.34. The number of carbonyl (C=O) groups excluding carboxylic acids is 1. The largest absolute Gasteiger partial charge is 0.461 e. The lowest BCUT2D eigenvalue weighted by Crippen LogP contribution is -2.64. The topological polar surface area (TPSA) is 71.6 Å². The van der Waals surface area contributed by atoms with Crippen LogP contribution in [0.5, 0.6) is 0 Å². The Hall–Kier alpha value is -0.910. The van der Waals surface area contributed by atoms with Crippen molar-refractivity contribution in [2.24, 2.45) is 17.3 Å². The van der Waals surface area contributed by atoms with Gasteiger partial charge in [0.1, 0.15) is 29.5 Å². The van der Waals surface area contributed by atoms with E-state index in [1.54, 1.807) is 0 Å². The molecule has 0 aromatic heterocycles. The fourth-order valence-electron chi connectivity index (χ4n) is 5.47. The Morgan fingerprint density at radius 3 is 2.75 bits per heavy atom. The Balaban J connectivity index is 1.72. The lowest BCUT2D eigenvalue weighted by atomic mass is 9.54. The Labute approximate surface area is 116 Å². The summed E-state index contributed by atoms with van der Waals surface area (Å²) in [6.45, 7) is 8.55. The predicted octanol–water partition coefficient (Wildman–Crippen LogP) is 0.411. The van der Waals surface area contributed by atoms with Gasteiger partial charge in [0.25, 0.3) is 0 Å². The number of esters is 1. The Kier molecular flexibility index (Phi) is 1.67. The lowest BCUT2D eigenvalue weighted by molar-refractivity contribution is -0.185. The third kappa shape index (κ3) is 0.875. The minimum Gasteiger partial charge on any atom is -0.461 e. The van der Waals surface area contributed by atoms with Gasteiger partial charge in [-0.3, -0.25) is 4.79 Å². The first kappa shape index (κ1) is 11.7. The zero-order valence-corrected chi connectivity index (χ0v) is 11.6. The second-order valence-corrected chi connectivity index (χ2v) is 7.34. The summed E-state index contributed by atoms with van der Waals surface area (Å²) in [5.74, 6) is -0.983. The van der Waals surface area contributed by atoms with Crippen LogP contribution < -0.4 is 0 Å². The molecule has 0 aromatic carbocycles. The van der Waals surface area contributed by atoms with Gasteiger partial charge in [-0.1, -0.05) is 19.1 Å². The van der Waals surface area contributed by atoms with E-state index in [2.05, 4.69) is 6.58 Å². The van der Waals surface area contributed by atoms with Crippen molar-refractivity contribution in [2.75, 3.05) is 6.61 Å². The predicted molar refractivity (Wildman–Crippen MR) is 66.7 cm³/mol. The van der Waals surface area contributed by atoms with Crippen molar-refractivity contribution in [2.45, 2.75) is 49.8 Å². The molecule has 1 unspecified atom stereocenters. The number of fused-ring (bicyclic) bond motifs is 8. The number of hydrogen-bond acceptors (Lipinski definition) is 5. The summed E-state index contributed by atoms with van der Waals surface area (Å²) in [4.78, 5) is 12.3. The molecular formula is C15H18O5. The van der Waals surface area contributed by atoms with E-state index < -0.39 is 22.5 Å². The highest BCUT2D eigenvalue weighted by molar-refractivity contribution is 5.79. The van der Waals surface area contributed by atoms with E-state index in [1.165, 1.54) is 0 Å². The maximum absolute atomic E-state index is 12.3. The fourth-order valence-corrected chi connectivity index (χ4v) is 5.47. The monoisotopic (exact) mass is 278 g/mol. The van der Waals surface area contributed by atoms with Crippen molar-refractivity contribution < 1.29 is 24.1 Å². The molecule has 3 heterocycles. The van der Waals surface area contributed by atoms with E-state index in [-0.39, 0.29) is 30.2 Å². The first-order chi connectivity index (χ1) is 9.37. The summed E-state index contributed by atoms with van der Waals surface area (Å²) in [6, 6.07) is 0. The highest BCUT2D eigenvalue weighted by Crippen LogP contribution is 2.76. The molecule has 5 heteroatoms. The van der Waals surface area contributed by atoms with Crippen molar-refractivity contribution in [3.05, 3.63) is 12.2 Å². The summed E-state index contributed by atoms with van der Waals surface area (Å²) in [7, 11) is 0. The molecule has 20 heavy (non-hydrogen) atoms. The van der Waals surface area contributed by atoms with Crippen LogP contribution in [-0.2, 0) is 19.0 Å². The highest BCUT2D eigenvalue weighted by atomic mass is 16.7. The fraction of sp³-hybridized carbons (Fsp3) is 0.800. The van der Waals surface area contributed by atoms with E-state index in [1.807, 2.05) is 13.8 Å². The molecule has 0 amide bonds. The zero-order valence-electron chi connectivity index (χ0n) is 11.6. The molecule has 1 N–H and O–H groups in total. The average Bonchev–Trinajstić information content (AvgIpc) is 3.20. The average molecular weight is 278 g/mol. The van der Waals surface area contributed by atoms with Crippen LogP contribution >= 0.6 is 0 Å². The number of rotatable bonds is 1. The molecule has 2 aliphatic carbocycles. The number of hydrogen-bond donors (Lipinski definition) is 1. The van der Waals surface area contributed by atoms with Gasteiger partial charge in [-0.15, -0.1) is 0 Å². The molecule has 1 spiro atoms. The van der Waals surface area contributed by atoms with Crippen LogP contribution in [0.4, 0.5) is 0 Å². The maximum atomic E-state index is 12.3. The van der Waals surface area contributed by atoms with Crippen LogP contribution in [0.1, 0.15) is 20.3 Å². The summed E-state index contributed by atoms with van der Waals surface area (Å²) < 4.78 is 17.0. The Bertz CT molecular complexity index is 567. The molecular weight excluding hydrogens is 260 g/mol. The normalized spacial score (nSPS) is 64.8. The first-order valence-corrected chi connectivity index (χ1v) is 7.24. The van der Waals surface area contributed by atoms with Crippen LogP contribution in [0.3, 0.4) is 0 Å². The third-order valence-electron chi connectivity index (χ3n) is 6.59. The maximum Gasteiger partial charge on any atom is 0.313 e. The molecule has 5 rings (SSSR count). The number of aliphatic hydroxyl groups is 1. The summed E-state index contributed by atoms with van der Waals surface area (Å²) >= 11 is 0. The second kappa shape index (κ2) is 2.85. The smallest absolute Gasteiger partial charge is 0.313 e. The summed E-state index contributed by atoms with van der Waals surface area (Å²) in [6.07, 6.45) is 0.0809. The van der Waals surface area contributed by atoms with Gasteiger partial charge in [0.2, 0.25) is 0 Å². The van der Waals surface area contributed by atoms with Gasteiger partial charge < -0.3 is 19.3 Å². The molecule has 3 aliphatic heterocycles. The first-order valence-electron chi connectivity index (χ1n) is 7.24. The molecule has 5 nitrogen and oxygen atoms in total. The quantitative estimate of drug-likeness (QED) is 0.427. The van der Waals surface area contributed by atoms with Gasteiger partial charge in [0, 0.05) is 11.3 Å². The zero-order chi connectivity index (χ0) is 14.1. The Morgan fingerprint density at radius 2 is 2.15 bits per heavy atom. The molecule has 2 bridgehead atoms.